The zero-order chi connectivity index (χ0) is 13.1. The van der Waals surface area contributed by atoms with Crippen molar-refractivity contribution in [3.63, 3.8) is 0 Å². The lowest BCUT2D eigenvalue weighted by atomic mass is 10.2. The molecule has 2 aromatic rings. The Morgan fingerprint density at radius 3 is 2.61 bits per heavy atom. The van der Waals surface area contributed by atoms with E-state index in [1.165, 1.54) is 4.88 Å². The Morgan fingerprint density at radius 1 is 1.17 bits per heavy atom. The molecule has 1 aromatic carbocycles. The molecule has 0 saturated heterocycles. The minimum absolute atomic E-state index is 0.234. The van der Waals surface area contributed by atoms with Crippen molar-refractivity contribution in [3.05, 3.63) is 55.2 Å². The van der Waals surface area contributed by atoms with E-state index in [0.717, 1.165) is 9.90 Å². The lowest BCUT2D eigenvalue weighted by Gasteiger charge is -2.13. The molecular formula is C13H12Cl3NS. The van der Waals surface area contributed by atoms with Gasteiger partial charge in [-0.25, -0.2) is 0 Å². The average Bonchev–Trinajstić information content (AvgIpc) is 2.77. The number of halogens is 3. The Morgan fingerprint density at radius 2 is 1.94 bits per heavy atom. The molecule has 0 aliphatic carbocycles. The summed E-state index contributed by atoms with van der Waals surface area (Å²) in [4.78, 5) is 1.21. The van der Waals surface area contributed by atoms with Gasteiger partial charge in [-0.15, -0.1) is 11.3 Å². The van der Waals surface area contributed by atoms with E-state index in [4.69, 9.17) is 34.8 Å². The monoisotopic (exact) mass is 319 g/mol. The molecule has 5 heteroatoms. The third-order valence-electron chi connectivity index (χ3n) is 2.65. The molecule has 0 aliphatic rings. The molecule has 2 rings (SSSR count). The Kier molecular flexibility index (Phi) is 4.93. The van der Waals surface area contributed by atoms with Crippen LogP contribution in [0.4, 0.5) is 0 Å². The summed E-state index contributed by atoms with van der Waals surface area (Å²) in [6, 6.07) is 9.83. The van der Waals surface area contributed by atoms with E-state index in [1.807, 2.05) is 24.3 Å². The summed E-state index contributed by atoms with van der Waals surface area (Å²) in [5, 5.41) is 4.61. The average molecular weight is 321 g/mol. The van der Waals surface area contributed by atoms with Crippen molar-refractivity contribution in [3.8, 4) is 0 Å². The van der Waals surface area contributed by atoms with Crippen LogP contribution in [0.15, 0.2) is 30.3 Å². The van der Waals surface area contributed by atoms with Crippen LogP contribution in [0, 0.1) is 0 Å². The molecule has 1 aromatic heterocycles. The lowest BCUT2D eigenvalue weighted by Crippen LogP contribution is -2.17. The normalized spacial score (nSPS) is 12.7. The number of rotatable bonds is 4. The zero-order valence-corrected chi connectivity index (χ0v) is 12.8. The van der Waals surface area contributed by atoms with Gasteiger partial charge in [0.05, 0.1) is 14.4 Å². The standard InChI is InChI=1S/C13H12Cl3NS/c1-8(11-5-6-12(15)18-11)17-7-9-3-2-4-10(14)13(9)16/h2-6,8,17H,7H2,1H3. The molecule has 0 amide bonds. The van der Waals surface area contributed by atoms with Gasteiger partial charge in [-0.1, -0.05) is 46.9 Å². The second-order valence-corrected chi connectivity index (χ2v) is 6.49. The molecule has 96 valence electrons. The van der Waals surface area contributed by atoms with Crippen LogP contribution in [0.3, 0.4) is 0 Å². The second kappa shape index (κ2) is 6.27. The smallest absolute Gasteiger partial charge is 0.0931 e. The van der Waals surface area contributed by atoms with Gasteiger partial charge in [-0.05, 0) is 30.7 Å². The maximum atomic E-state index is 6.14. The third-order valence-corrected chi connectivity index (χ3v) is 4.92. The van der Waals surface area contributed by atoms with E-state index in [0.29, 0.717) is 16.6 Å². The topological polar surface area (TPSA) is 12.0 Å². The first-order chi connectivity index (χ1) is 8.58. The van der Waals surface area contributed by atoms with E-state index in [-0.39, 0.29) is 6.04 Å². The Labute approximate surface area is 126 Å². The van der Waals surface area contributed by atoms with E-state index in [9.17, 15) is 0 Å². The van der Waals surface area contributed by atoms with Gasteiger partial charge in [0.15, 0.2) is 0 Å². The molecule has 0 bridgehead atoms. The highest BCUT2D eigenvalue weighted by Gasteiger charge is 2.09. The number of hydrogen-bond acceptors (Lipinski definition) is 2. The lowest BCUT2D eigenvalue weighted by molar-refractivity contribution is 0.583. The van der Waals surface area contributed by atoms with Gasteiger partial charge >= 0.3 is 0 Å². The fourth-order valence-electron chi connectivity index (χ4n) is 1.61. The van der Waals surface area contributed by atoms with Gasteiger partial charge in [-0.2, -0.15) is 0 Å². The van der Waals surface area contributed by atoms with E-state index in [1.54, 1.807) is 17.4 Å². The number of hydrogen-bond donors (Lipinski definition) is 1. The van der Waals surface area contributed by atoms with Crippen molar-refractivity contribution in [1.82, 2.24) is 5.32 Å². The number of nitrogens with one attached hydrogen (secondary N) is 1. The molecule has 1 atom stereocenters. The number of thiophene rings is 1. The highest BCUT2D eigenvalue weighted by atomic mass is 35.5. The Bertz CT molecular complexity index is 539. The van der Waals surface area contributed by atoms with Crippen LogP contribution < -0.4 is 5.32 Å². The van der Waals surface area contributed by atoms with E-state index in [2.05, 4.69) is 12.2 Å². The van der Waals surface area contributed by atoms with E-state index >= 15 is 0 Å². The van der Waals surface area contributed by atoms with Crippen LogP contribution in [-0.2, 0) is 6.54 Å². The first kappa shape index (κ1) is 14.2. The predicted octanol–water partition coefficient (Wildman–Crippen LogP) is 5.56. The van der Waals surface area contributed by atoms with Crippen LogP contribution in [0.2, 0.25) is 14.4 Å². The number of benzene rings is 1. The minimum atomic E-state index is 0.234. The van der Waals surface area contributed by atoms with Gasteiger partial charge in [0.1, 0.15) is 0 Å². The van der Waals surface area contributed by atoms with Crippen LogP contribution >= 0.6 is 46.1 Å². The fraction of sp³-hybridized carbons (Fsp3) is 0.231. The van der Waals surface area contributed by atoms with Crippen LogP contribution in [0.5, 0.6) is 0 Å². The molecule has 0 radical (unpaired) electrons. The van der Waals surface area contributed by atoms with Gasteiger partial charge in [-0.3, -0.25) is 0 Å². The molecule has 1 heterocycles. The van der Waals surface area contributed by atoms with E-state index < -0.39 is 0 Å². The van der Waals surface area contributed by atoms with Gasteiger partial charge in [0, 0.05) is 17.5 Å². The van der Waals surface area contributed by atoms with Crippen LogP contribution in [0.25, 0.3) is 0 Å². The predicted molar refractivity (Wildman–Crippen MR) is 81.0 cm³/mol. The van der Waals surface area contributed by atoms with Crippen LogP contribution in [-0.4, -0.2) is 0 Å². The maximum absolute atomic E-state index is 6.14. The summed E-state index contributed by atoms with van der Waals surface area (Å²) in [5.74, 6) is 0. The first-order valence-corrected chi connectivity index (χ1v) is 7.44. The van der Waals surface area contributed by atoms with Crippen molar-refractivity contribution in [2.45, 2.75) is 19.5 Å². The Balaban J connectivity index is 2.01. The van der Waals surface area contributed by atoms with Crippen molar-refractivity contribution in [1.29, 1.82) is 0 Å². The van der Waals surface area contributed by atoms with Crippen molar-refractivity contribution < 1.29 is 0 Å². The summed E-state index contributed by atoms with van der Waals surface area (Å²) in [7, 11) is 0. The van der Waals surface area contributed by atoms with Gasteiger partial charge in [0.25, 0.3) is 0 Å². The molecule has 0 saturated carbocycles. The zero-order valence-electron chi connectivity index (χ0n) is 9.71. The molecule has 1 unspecified atom stereocenters. The summed E-state index contributed by atoms with van der Waals surface area (Å²) in [6.07, 6.45) is 0. The second-order valence-electron chi connectivity index (χ2n) is 3.96. The van der Waals surface area contributed by atoms with Gasteiger partial charge < -0.3 is 5.32 Å². The first-order valence-electron chi connectivity index (χ1n) is 5.49. The molecule has 1 N–H and O–H groups in total. The van der Waals surface area contributed by atoms with Crippen molar-refractivity contribution in [2.24, 2.45) is 0 Å². The quantitative estimate of drug-likeness (QED) is 0.777. The van der Waals surface area contributed by atoms with Crippen molar-refractivity contribution >= 4 is 46.1 Å². The summed E-state index contributed by atoms with van der Waals surface area (Å²) in [6.45, 7) is 2.77. The summed E-state index contributed by atoms with van der Waals surface area (Å²) < 4.78 is 0.805. The largest absolute Gasteiger partial charge is 0.305 e. The molecule has 0 fully saturated rings. The molecule has 18 heavy (non-hydrogen) atoms. The molecular weight excluding hydrogens is 309 g/mol. The summed E-state index contributed by atoms with van der Waals surface area (Å²) in [5.41, 5.74) is 0.999. The SMILES string of the molecule is CC(NCc1cccc(Cl)c1Cl)c1ccc(Cl)s1. The van der Waals surface area contributed by atoms with Gasteiger partial charge in [0.2, 0.25) is 0 Å². The highest BCUT2D eigenvalue weighted by molar-refractivity contribution is 7.16. The highest BCUT2D eigenvalue weighted by Crippen LogP contribution is 2.28. The fourth-order valence-corrected chi connectivity index (χ4v) is 3.08. The molecule has 1 nitrogen and oxygen atoms in total. The van der Waals surface area contributed by atoms with Crippen molar-refractivity contribution in [2.75, 3.05) is 0 Å². The summed E-state index contributed by atoms with van der Waals surface area (Å²) >= 11 is 19.6. The molecule has 0 aliphatic heterocycles. The maximum Gasteiger partial charge on any atom is 0.0931 e. The molecule has 0 spiro atoms. The minimum Gasteiger partial charge on any atom is -0.305 e. The van der Waals surface area contributed by atoms with Crippen LogP contribution in [0.1, 0.15) is 23.4 Å². The Hall–Kier alpha value is -0.250. The third kappa shape index (κ3) is 3.40.